The van der Waals surface area contributed by atoms with E-state index >= 15 is 0 Å². The summed E-state index contributed by atoms with van der Waals surface area (Å²) in [7, 11) is 0. The average molecular weight is 362 g/mol. The van der Waals surface area contributed by atoms with E-state index in [9.17, 15) is 5.11 Å². The fraction of sp³-hybridized carbons (Fsp3) is 0.333. The first-order valence-electron chi connectivity index (χ1n) is 9.43. The third-order valence-corrected chi connectivity index (χ3v) is 5.15. The first-order valence-corrected chi connectivity index (χ1v) is 9.43. The molecule has 0 radical (unpaired) electrons. The molecule has 0 spiro atoms. The molecular weight excluding hydrogens is 340 g/mol. The van der Waals surface area contributed by atoms with Gasteiger partial charge in [-0.3, -0.25) is 0 Å². The predicted molar refractivity (Wildman–Crippen MR) is 103 cm³/mol. The summed E-state index contributed by atoms with van der Waals surface area (Å²) >= 11 is 0. The molecule has 1 aliphatic carbocycles. The van der Waals surface area contributed by atoms with E-state index < -0.39 is 0 Å². The topological polar surface area (TPSA) is 72.2 Å². The second-order valence-corrected chi connectivity index (χ2v) is 7.26. The van der Waals surface area contributed by atoms with Crippen molar-refractivity contribution in [2.24, 2.45) is 0 Å². The van der Waals surface area contributed by atoms with Gasteiger partial charge in [-0.05, 0) is 57.0 Å². The molecule has 1 fully saturated rings. The van der Waals surface area contributed by atoms with Crippen LogP contribution in [0.15, 0.2) is 36.4 Å². The predicted octanol–water partition coefficient (Wildman–Crippen LogP) is 4.21. The number of aryl methyl sites for hydroxylation is 1. The minimum atomic E-state index is -0.337. The highest BCUT2D eigenvalue weighted by Gasteiger charge is 2.34. The van der Waals surface area contributed by atoms with Crippen molar-refractivity contribution in [3.63, 3.8) is 0 Å². The largest absolute Gasteiger partial charge is 0.508 e. The molecule has 138 valence electrons. The summed E-state index contributed by atoms with van der Waals surface area (Å²) in [5, 5.41) is 18.9. The smallest absolute Gasteiger partial charge is 0.163 e. The third kappa shape index (κ3) is 2.72. The van der Waals surface area contributed by atoms with Gasteiger partial charge in [0, 0.05) is 22.7 Å². The van der Waals surface area contributed by atoms with E-state index in [1.54, 1.807) is 12.1 Å². The Morgan fingerprint density at radius 1 is 1.22 bits per heavy atom. The SMILES string of the molecule is CCOc1ccc(O)c([C@H]2Nc3ccc(C)cc3-c3nc(C4CC4)nn32)c1. The van der Waals surface area contributed by atoms with Gasteiger partial charge in [-0.25, -0.2) is 9.67 Å². The lowest BCUT2D eigenvalue weighted by molar-refractivity contribution is 0.338. The molecule has 3 aromatic rings. The van der Waals surface area contributed by atoms with Crippen molar-refractivity contribution in [2.75, 3.05) is 11.9 Å². The van der Waals surface area contributed by atoms with Gasteiger partial charge < -0.3 is 15.2 Å². The van der Waals surface area contributed by atoms with Crippen LogP contribution in [0.3, 0.4) is 0 Å². The summed E-state index contributed by atoms with van der Waals surface area (Å²) in [5.41, 5.74) is 3.94. The van der Waals surface area contributed by atoms with Crippen LogP contribution in [0.2, 0.25) is 0 Å². The minimum Gasteiger partial charge on any atom is -0.508 e. The summed E-state index contributed by atoms with van der Waals surface area (Å²) in [6.45, 7) is 4.60. The molecule has 6 heteroatoms. The zero-order valence-corrected chi connectivity index (χ0v) is 15.4. The van der Waals surface area contributed by atoms with Crippen LogP contribution in [0.25, 0.3) is 11.4 Å². The second-order valence-electron chi connectivity index (χ2n) is 7.26. The number of aromatic hydroxyl groups is 1. The second kappa shape index (κ2) is 6.01. The van der Waals surface area contributed by atoms with Gasteiger partial charge in [-0.2, -0.15) is 5.10 Å². The molecule has 1 aliphatic heterocycles. The van der Waals surface area contributed by atoms with Gasteiger partial charge >= 0.3 is 0 Å². The molecule has 5 rings (SSSR count). The number of hydrogen-bond acceptors (Lipinski definition) is 5. The maximum absolute atomic E-state index is 10.5. The fourth-order valence-corrected chi connectivity index (χ4v) is 3.61. The number of aromatic nitrogens is 3. The van der Waals surface area contributed by atoms with E-state index in [0.717, 1.165) is 47.1 Å². The Bertz CT molecular complexity index is 1020. The van der Waals surface area contributed by atoms with Crippen LogP contribution >= 0.6 is 0 Å². The normalized spacial score (nSPS) is 17.8. The van der Waals surface area contributed by atoms with E-state index in [2.05, 4.69) is 30.4 Å². The first kappa shape index (κ1) is 16.2. The van der Waals surface area contributed by atoms with Crippen molar-refractivity contribution in [1.29, 1.82) is 0 Å². The molecule has 1 aromatic heterocycles. The van der Waals surface area contributed by atoms with Gasteiger partial charge in [0.15, 0.2) is 17.8 Å². The van der Waals surface area contributed by atoms with Gasteiger partial charge in [0.25, 0.3) is 0 Å². The van der Waals surface area contributed by atoms with Crippen molar-refractivity contribution < 1.29 is 9.84 Å². The zero-order chi connectivity index (χ0) is 18.5. The number of rotatable bonds is 4. The Morgan fingerprint density at radius 2 is 2.07 bits per heavy atom. The Labute approximate surface area is 157 Å². The summed E-state index contributed by atoms with van der Waals surface area (Å²) < 4.78 is 7.54. The molecule has 2 aromatic carbocycles. The number of phenols is 1. The van der Waals surface area contributed by atoms with Crippen molar-refractivity contribution >= 4 is 5.69 Å². The summed E-state index contributed by atoms with van der Waals surface area (Å²) in [6, 6.07) is 11.6. The molecule has 27 heavy (non-hydrogen) atoms. The maximum Gasteiger partial charge on any atom is 0.163 e. The highest BCUT2D eigenvalue weighted by Crippen LogP contribution is 2.44. The molecule has 1 atom stereocenters. The van der Waals surface area contributed by atoms with Crippen LogP contribution < -0.4 is 10.1 Å². The van der Waals surface area contributed by atoms with E-state index in [1.807, 2.05) is 17.7 Å². The molecule has 1 saturated carbocycles. The first-order chi connectivity index (χ1) is 13.1. The molecule has 2 N–H and O–H groups in total. The lowest BCUT2D eigenvalue weighted by Gasteiger charge is -2.29. The van der Waals surface area contributed by atoms with Crippen LogP contribution in [0.1, 0.15) is 48.8 Å². The number of anilines is 1. The number of hydrogen-bond donors (Lipinski definition) is 2. The van der Waals surface area contributed by atoms with Gasteiger partial charge in [0.05, 0.1) is 6.61 Å². The molecule has 0 saturated heterocycles. The van der Waals surface area contributed by atoms with Crippen molar-refractivity contribution in [2.45, 2.75) is 38.8 Å². The van der Waals surface area contributed by atoms with Crippen LogP contribution in [0, 0.1) is 6.92 Å². The lowest BCUT2D eigenvalue weighted by atomic mass is 10.0. The van der Waals surface area contributed by atoms with Gasteiger partial charge in [0.1, 0.15) is 11.5 Å². The van der Waals surface area contributed by atoms with Crippen LogP contribution in [0.4, 0.5) is 5.69 Å². The monoisotopic (exact) mass is 362 g/mol. The lowest BCUT2D eigenvalue weighted by Crippen LogP contribution is -2.26. The van der Waals surface area contributed by atoms with Gasteiger partial charge in [-0.15, -0.1) is 0 Å². The van der Waals surface area contributed by atoms with E-state index in [0.29, 0.717) is 12.5 Å². The summed E-state index contributed by atoms with van der Waals surface area (Å²) in [5.74, 6) is 3.14. The van der Waals surface area contributed by atoms with Crippen LogP contribution in [-0.4, -0.2) is 26.5 Å². The Morgan fingerprint density at radius 3 is 2.85 bits per heavy atom. The highest BCUT2D eigenvalue weighted by molar-refractivity contribution is 5.77. The average Bonchev–Trinajstić information content (AvgIpc) is 3.41. The number of nitrogens with zero attached hydrogens (tertiary/aromatic N) is 3. The van der Waals surface area contributed by atoms with Gasteiger partial charge in [-0.1, -0.05) is 11.6 Å². The molecular formula is C21H22N4O2. The number of nitrogens with one attached hydrogen (secondary N) is 1. The standard InChI is InChI=1S/C21H22N4O2/c1-3-27-14-7-9-18(26)16(11-14)21-22-17-8-4-12(2)10-15(17)20-23-19(13-5-6-13)24-25(20)21/h4,7-11,13,21-22,26H,3,5-6H2,1-2H3/t21-/m0/s1. The minimum absolute atomic E-state index is 0.209. The maximum atomic E-state index is 10.5. The molecule has 0 bridgehead atoms. The van der Waals surface area contributed by atoms with E-state index in [-0.39, 0.29) is 11.9 Å². The summed E-state index contributed by atoms with van der Waals surface area (Å²) in [4.78, 5) is 4.86. The molecule has 6 nitrogen and oxygen atoms in total. The third-order valence-electron chi connectivity index (χ3n) is 5.15. The van der Waals surface area contributed by atoms with E-state index in [1.165, 1.54) is 5.56 Å². The fourth-order valence-electron chi connectivity index (χ4n) is 3.61. The number of phenolic OH excluding ortho intramolecular Hbond substituents is 1. The zero-order valence-electron chi connectivity index (χ0n) is 15.4. The molecule has 2 aliphatic rings. The number of ether oxygens (including phenoxy) is 1. The van der Waals surface area contributed by atoms with Crippen molar-refractivity contribution in [1.82, 2.24) is 14.8 Å². The molecule has 0 unspecified atom stereocenters. The Balaban J connectivity index is 1.67. The van der Waals surface area contributed by atoms with Crippen molar-refractivity contribution in [3.05, 3.63) is 53.3 Å². The summed E-state index contributed by atoms with van der Waals surface area (Å²) in [6.07, 6.45) is 1.95. The van der Waals surface area contributed by atoms with Crippen molar-refractivity contribution in [3.8, 4) is 22.9 Å². The molecule has 2 heterocycles. The Hall–Kier alpha value is -3.02. The van der Waals surface area contributed by atoms with Crippen LogP contribution in [0.5, 0.6) is 11.5 Å². The Kier molecular flexibility index (Phi) is 3.60. The molecule has 0 amide bonds. The van der Waals surface area contributed by atoms with Gasteiger partial charge in [0.2, 0.25) is 0 Å². The number of benzene rings is 2. The highest BCUT2D eigenvalue weighted by atomic mass is 16.5. The number of fused-ring (bicyclic) bond motifs is 3. The van der Waals surface area contributed by atoms with Crippen LogP contribution in [-0.2, 0) is 0 Å². The van der Waals surface area contributed by atoms with E-state index in [4.69, 9.17) is 14.8 Å². The quantitative estimate of drug-likeness (QED) is 0.727.